The van der Waals surface area contributed by atoms with Crippen LogP contribution in [0.3, 0.4) is 0 Å². The average molecular weight is 252 g/mol. The van der Waals surface area contributed by atoms with E-state index in [0.29, 0.717) is 17.1 Å². The average Bonchev–Trinajstić information content (AvgIpc) is 2.77. The van der Waals surface area contributed by atoms with Gasteiger partial charge in [-0.05, 0) is 12.1 Å². The number of rotatable bonds is 3. The first-order valence-electron chi connectivity index (χ1n) is 4.90. The van der Waals surface area contributed by atoms with E-state index in [0.717, 1.165) is 10.2 Å². The van der Waals surface area contributed by atoms with Crippen molar-refractivity contribution in [3.63, 3.8) is 0 Å². The Bertz CT molecular complexity index is 632. The SMILES string of the molecule is COc1cccc(-c2nccn2S(C)(=O)=O)c1. The Balaban J connectivity index is 2.57. The largest absolute Gasteiger partial charge is 0.497 e. The van der Waals surface area contributed by atoms with Gasteiger partial charge in [-0.15, -0.1) is 0 Å². The Hall–Kier alpha value is -1.82. The Morgan fingerprint density at radius 3 is 2.76 bits per heavy atom. The van der Waals surface area contributed by atoms with E-state index >= 15 is 0 Å². The van der Waals surface area contributed by atoms with Crippen LogP contribution in [0, 0.1) is 0 Å². The van der Waals surface area contributed by atoms with E-state index in [1.165, 1.54) is 12.4 Å². The maximum Gasteiger partial charge on any atom is 0.237 e. The lowest BCUT2D eigenvalue weighted by Gasteiger charge is -2.06. The summed E-state index contributed by atoms with van der Waals surface area (Å²) in [4.78, 5) is 4.06. The molecule has 0 aliphatic rings. The van der Waals surface area contributed by atoms with Crippen LogP contribution in [0.25, 0.3) is 11.4 Å². The zero-order chi connectivity index (χ0) is 12.5. The van der Waals surface area contributed by atoms with Gasteiger partial charge in [0.05, 0.1) is 13.4 Å². The minimum Gasteiger partial charge on any atom is -0.497 e. The second-order valence-corrected chi connectivity index (χ2v) is 5.40. The van der Waals surface area contributed by atoms with Gasteiger partial charge in [-0.3, -0.25) is 0 Å². The van der Waals surface area contributed by atoms with Crippen molar-refractivity contribution < 1.29 is 13.2 Å². The molecule has 0 amide bonds. The van der Waals surface area contributed by atoms with Crippen molar-refractivity contribution in [1.29, 1.82) is 0 Å². The topological polar surface area (TPSA) is 61.2 Å². The molecule has 0 radical (unpaired) electrons. The summed E-state index contributed by atoms with van der Waals surface area (Å²) in [5, 5.41) is 0. The van der Waals surface area contributed by atoms with Crippen LogP contribution in [0.5, 0.6) is 5.75 Å². The second-order valence-electron chi connectivity index (χ2n) is 3.54. The first kappa shape index (κ1) is 11.7. The normalized spacial score (nSPS) is 11.4. The summed E-state index contributed by atoms with van der Waals surface area (Å²) >= 11 is 0. The summed E-state index contributed by atoms with van der Waals surface area (Å²) in [6.45, 7) is 0. The predicted molar refractivity (Wildman–Crippen MR) is 64.5 cm³/mol. The lowest BCUT2D eigenvalue weighted by atomic mass is 10.2. The molecule has 17 heavy (non-hydrogen) atoms. The van der Waals surface area contributed by atoms with Crippen molar-refractivity contribution in [3.8, 4) is 17.1 Å². The van der Waals surface area contributed by atoms with Crippen molar-refractivity contribution >= 4 is 10.0 Å². The molecule has 5 nitrogen and oxygen atoms in total. The fourth-order valence-electron chi connectivity index (χ4n) is 1.52. The highest BCUT2D eigenvalue weighted by Gasteiger charge is 2.13. The number of nitrogens with zero attached hydrogens (tertiary/aromatic N) is 2. The number of methoxy groups -OCH3 is 1. The van der Waals surface area contributed by atoms with E-state index in [2.05, 4.69) is 4.98 Å². The fraction of sp³-hybridized carbons (Fsp3) is 0.182. The Kier molecular flexibility index (Phi) is 2.89. The molecule has 0 saturated heterocycles. The molecular weight excluding hydrogens is 240 g/mol. The number of hydrogen-bond donors (Lipinski definition) is 0. The van der Waals surface area contributed by atoms with Gasteiger partial charge in [-0.2, -0.15) is 0 Å². The number of hydrogen-bond acceptors (Lipinski definition) is 4. The number of ether oxygens (including phenoxy) is 1. The molecule has 6 heteroatoms. The van der Waals surface area contributed by atoms with Gasteiger partial charge >= 0.3 is 0 Å². The predicted octanol–water partition coefficient (Wildman–Crippen LogP) is 1.37. The first-order valence-corrected chi connectivity index (χ1v) is 6.75. The minimum absolute atomic E-state index is 0.381. The third-order valence-corrected chi connectivity index (χ3v) is 3.30. The number of imidazole rings is 1. The fourth-order valence-corrected chi connectivity index (χ4v) is 2.27. The summed E-state index contributed by atoms with van der Waals surface area (Å²) in [7, 11) is -1.79. The van der Waals surface area contributed by atoms with Crippen LogP contribution in [-0.4, -0.2) is 30.7 Å². The first-order chi connectivity index (χ1) is 8.02. The monoisotopic (exact) mass is 252 g/mol. The van der Waals surface area contributed by atoms with Crippen LogP contribution in [0.1, 0.15) is 0 Å². The Morgan fingerprint density at radius 1 is 1.35 bits per heavy atom. The van der Waals surface area contributed by atoms with Crippen molar-refractivity contribution in [2.75, 3.05) is 13.4 Å². The summed E-state index contributed by atoms with van der Waals surface area (Å²) in [6.07, 6.45) is 4.01. The van der Waals surface area contributed by atoms with Crippen LogP contribution < -0.4 is 4.74 Å². The van der Waals surface area contributed by atoms with Crippen LogP contribution in [0.4, 0.5) is 0 Å². The summed E-state index contributed by atoms with van der Waals surface area (Å²) in [6, 6.07) is 7.10. The molecule has 1 aromatic heterocycles. The van der Waals surface area contributed by atoms with Crippen molar-refractivity contribution in [2.24, 2.45) is 0 Å². The summed E-state index contributed by atoms with van der Waals surface area (Å²) in [5.41, 5.74) is 0.694. The molecule has 2 aromatic rings. The van der Waals surface area contributed by atoms with E-state index < -0.39 is 10.0 Å². The lowest BCUT2D eigenvalue weighted by Crippen LogP contribution is -2.10. The molecule has 0 atom stereocenters. The van der Waals surface area contributed by atoms with Gasteiger partial charge in [0.25, 0.3) is 0 Å². The third kappa shape index (κ3) is 2.31. The molecule has 0 aliphatic heterocycles. The van der Waals surface area contributed by atoms with Crippen molar-refractivity contribution in [1.82, 2.24) is 8.96 Å². The molecule has 1 aromatic carbocycles. The highest BCUT2D eigenvalue weighted by Crippen LogP contribution is 2.23. The molecule has 0 fully saturated rings. The molecule has 0 aliphatic carbocycles. The Labute approximate surface area is 99.7 Å². The molecule has 0 bridgehead atoms. The van der Waals surface area contributed by atoms with Crippen LogP contribution in [-0.2, 0) is 10.0 Å². The van der Waals surface area contributed by atoms with Crippen molar-refractivity contribution in [3.05, 3.63) is 36.7 Å². The molecular formula is C11H12N2O3S. The van der Waals surface area contributed by atoms with Gasteiger partial charge in [-0.1, -0.05) is 12.1 Å². The maximum atomic E-state index is 11.5. The summed E-state index contributed by atoms with van der Waals surface area (Å²) < 4.78 is 29.3. The van der Waals surface area contributed by atoms with Gasteiger partial charge in [0, 0.05) is 18.0 Å². The summed E-state index contributed by atoms with van der Waals surface area (Å²) in [5.74, 6) is 1.04. The maximum absolute atomic E-state index is 11.5. The van der Waals surface area contributed by atoms with Crippen molar-refractivity contribution in [2.45, 2.75) is 0 Å². The van der Waals surface area contributed by atoms with Crippen LogP contribution >= 0.6 is 0 Å². The quantitative estimate of drug-likeness (QED) is 0.827. The third-order valence-electron chi connectivity index (χ3n) is 2.29. The van der Waals surface area contributed by atoms with Gasteiger partial charge in [0.1, 0.15) is 5.75 Å². The van der Waals surface area contributed by atoms with E-state index in [9.17, 15) is 8.42 Å². The molecule has 2 rings (SSSR count). The number of aromatic nitrogens is 2. The van der Waals surface area contributed by atoms with Gasteiger partial charge < -0.3 is 4.74 Å². The van der Waals surface area contributed by atoms with Crippen LogP contribution in [0.15, 0.2) is 36.7 Å². The van der Waals surface area contributed by atoms with Gasteiger partial charge in [-0.25, -0.2) is 17.4 Å². The molecule has 0 unspecified atom stereocenters. The van der Waals surface area contributed by atoms with E-state index in [-0.39, 0.29) is 0 Å². The Morgan fingerprint density at radius 2 is 2.12 bits per heavy atom. The molecule has 0 saturated carbocycles. The molecule has 0 N–H and O–H groups in total. The van der Waals surface area contributed by atoms with E-state index in [1.54, 1.807) is 31.4 Å². The standard InChI is InChI=1S/C11H12N2O3S/c1-16-10-5-3-4-9(8-10)11-12-6-7-13(11)17(2,14)15/h3-8H,1-2H3. The zero-order valence-electron chi connectivity index (χ0n) is 9.49. The molecule has 90 valence electrons. The smallest absolute Gasteiger partial charge is 0.237 e. The zero-order valence-corrected chi connectivity index (χ0v) is 10.3. The molecule has 0 spiro atoms. The highest BCUT2D eigenvalue weighted by atomic mass is 32.2. The molecule has 1 heterocycles. The highest BCUT2D eigenvalue weighted by molar-refractivity contribution is 7.89. The van der Waals surface area contributed by atoms with Crippen LogP contribution in [0.2, 0.25) is 0 Å². The second kappa shape index (κ2) is 4.21. The lowest BCUT2D eigenvalue weighted by molar-refractivity contribution is 0.415. The minimum atomic E-state index is -3.34. The van der Waals surface area contributed by atoms with E-state index in [1.807, 2.05) is 0 Å². The van der Waals surface area contributed by atoms with Gasteiger partial charge in [0.2, 0.25) is 10.0 Å². The van der Waals surface area contributed by atoms with E-state index in [4.69, 9.17) is 4.74 Å². The van der Waals surface area contributed by atoms with Gasteiger partial charge in [0.15, 0.2) is 5.82 Å². The number of benzene rings is 1.